The molecule has 0 unspecified atom stereocenters. The molecule has 0 aliphatic rings. The Balaban J connectivity index is 1.75. The van der Waals surface area contributed by atoms with Crippen molar-refractivity contribution in [3.63, 3.8) is 0 Å². The second-order valence-corrected chi connectivity index (χ2v) is 5.07. The average Bonchev–Trinajstić information content (AvgIpc) is 3.05. The number of aromatic amines is 1. The van der Waals surface area contributed by atoms with Crippen LogP contribution >= 0.6 is 11.3 Å². The van der Waals surface area contributed by atoms with Gasteiger partial charge in [-0.3, -0.25) is 4.79 Å². The van der Waals surface area contributed by atoms with Crippen LogP contribution in [-0.2, 0) is 6.54 Å². The normalized spacial score (nSPS) is 10.7. The number of benzene rings is 1. The quantitative estimate of drug-likeness (QED) is 0.743. The molecule has 0 aliphatic heterocycles. The molecule has 90 valence electrons. The summed E-state index contributed by atoms with van der Waals surface area (Å²) in [5.74, 6) is -0.0356. The summed E-state index contributed by atoms with van der Waals surface area (Å²) >= 11 is 1.64. The van der Waals surface area contributed by atoms with E-state index in [1.54, 1.807) is 11.3 Å². The van der Waals surface area contributed by atoms with Crippen LogP contribution in [0.25, 0.3) is 10.9 Å². The zero-order valence-corrected chi connectivity index (χ0v) is 10.5. The molecule has 0 aliphatic carbocycles. The minimum Gasteiger partial charge on any atom is -0.361 e. The van der Waals surface area contributed by atoms with Crippen molar-refractivity contribution in [2.75, 3.05) is 0 Å². The SMILES string of the molecule is O=C(NCc1cccs1)c1ccc2[nH]ccc2c1. The van der Waals surface area contributed by atoms with Gasteiger partial charge in [0.05, 0.1) is 6.54 Å². The number of hydrogen-bond acceptors (Lipinski definition) is 2. The first kappa shape index (κ1) is 11.0. The standard InChI is InChI=1S/C14H12N2OS/c17-14(16-9-12-2-1-7-18-12)11-3-4-13-10(8-11)5-6-15-13/h1-8,15H,9H2,(H,16,17). The van der Waals surface area contributed by atoms with Crippen molar-refractivity contribution < 1.29 is 4.79 Å². The van der Waals surface area contributed by atoms with Gasteiger partial charge in [-0.2, -0.15) is 0 Å². The van der Waals surface area contributed by atoms with Crippen molar-refractivity contribution in [1.82, 2.24) is 10.3 Å². The van der Waals surface area contributed by atoms with Gasteiger partial charge >= 0.3 is 0 Å². The van der Waals surface area contributed by atoms with Gasteiger partial charge in [0, 0.05) is 27.5 Å². The highest BCUT2D eigenvalue weighted by Crippen LogP contribution is 2.14. The third-order valence-electron chi connectivity index (χ3n) is 2.82. The van der Waals surface area contributed by atoms with Crippen molar-refractivity contribution in [2.45, 2.75) is 6.54 Å². The average molecular weight is 256 g/mol. The smallest absolute Gasteiger partial charge is 0.251 e. The summed E-state index contributed by atoms with van der Waals surface area (Å²) in [6.45, 7) is 0.585. The molecular formula is C14H12N2OS. The Kier molecular flexibility index (Phi) is 2.86. The van der Waals surface area contributed by atoms with Crippen molar-refractivity contribution in [3.8, 4) is 0 Å². The summed E-state index contributed by atoms with van der Waals surface area (Å²) in [6, 6.07) is 11.6. The third kappa shape index (κ3) is 2.15. The van der Waals surface area contributed by atoms with Crippen LogP contribution in [0, 0.1) is 0 Å². The Labute approximate surface area is 108 Å². The topological polar surface area (TPSA) is 44.9 Å². The van der Waals surface area contributed by atoms with Crippen molar-refractivity contribution in [1.29, 1.82) is 0 Å². The first-order valence-corrected chi connectivity index (χ1v) is 6.58. The predicted molar refractivity (Wildman–Crippen MR) is 73.8 cm³/mol. The van der Waals surface area contributed by atoms with E-state index in [9.17, 15) is 4.79 Å². The highest BCUT2D eigenvalue weighted by molar-refractivity contribution is 7.09. The molecule has 4 heteroatoms. The van der Waals surface area contributed by atoms with E-state index in [4.69, 9.17) is 0 Å². The zero-order valence-electron chi connectivity index (χ0n) is 9.64. The van der Waals surface area contributed by atoms with E-state index in [0.29, 0.717) is 12.1 Å². The van der Waals surface area contributed by atoms with E-state index in [2.05, 4.69) is 10.3 Å². The van der Waals surface area contributed by atoms with Crippen molar-refractivity contribution in [2.24, 2.45) is 0 Å². The molecule has 1 aromatic carbocycles. The summed E-state index contributed by atoms with van der Waals surface area (Å²) in [7, 11) is 0. The molecule has 0 saturated heterocycles. The van der Waals surface area contributed by atoms with Gasteiger partial charge in [-0.15, -0.1) is 11.3 Å². The number of rotatable bonds is 3. The lowest BCUT2D eigenvalue weighted by Gasteiger charge is -2.03. The molecular weight excluding hydrogens is 244 g/mol. The number of carbonyl (C=O) groups is 1. The maximum absolute atomic E-state index is 12.0. The monoisotopic (exact) mass is 256 g/mol. The van der Waals surface area contributed by atoms with Crippen LogP contribution in [0.4, 0.5) is 0 Å². The van der Waals surface area contributed by atoms with Gasteiger partial charge in [-0.05, 0) is 35.7 Å². The number of nitrogens with one attached hydrogen (secondary N) is 2. The zero-order chi connectivity index (χ0) is 12.4. The fourth-order valence-corrected chi connectivity index (χ4v) is 2.52. The first-order valence-electron chi connectivity index (χ1n) is 5.71. The van der Waals surface area contributed by atoms with Gasteiger partial charge in [0.1, 0.15) is 0 Å². The van der Waals surface area contributed by atoms with E-state index in [1.165, 1.54) is 0 Å². The van der Waals surface area contributed by atoms with Gasteiger partial charge in [0.2, 0.25) is 0 Å². The van der Waals surface area contributed by atoms with Crippen LogP contribution in [0.5, 0.6) is 0 Å². The van der Waals surface area contributed by atoms with E-state index in [1.807, 2.05) is 48.0 Å². The van der Waals surface area contributed by atoms with E-state index < -0.39 is 0 Å². The number of H-pyrrole nitrogens is 1. The second-order valence-electron chi connectivity index (χ2n) is 4.04. The molecule has 2 heterocycles. The molecule has 0 fully saturated rings. The fraction of sp³-hybridized carbons (Fsp3) is 0.0714. The molecule has 0 saturated carbocycles. The highest BCUT2D eigenvalue weighted by atomic mass is 32.1. The second kappa shape index (κ2) is 4.66. The lowest BCUT2D eigenvalue weighted by atomic mass is 10.1. The van der Waals surface area contributed by atoms with E-state index >= 15 is 0 Å². The van der Waals surface area contributed by atoms with Crippen LogP contribution in [0.15, 0.2) is 48.0 Å². The molecule has 1 amide bonds. The molecule has 18 heavy (non-hydrogen) atoms. The number of fused-ring (bicyclic) bond motifs is 1. The molecule has 3 aromatic rings. The van der Waals surface area contributed by atoms with Gasteiger partial charge in [-0.1, -0.05) is 6.07 Å². The van der Waals surface area contributed by atoms with Gasteiger partial charge in [0.15, 0.2) is 0 Å². The number of amides is 1. The summed E-state index contributed by atoms with van der Waals surface area (Å²) < 4.78 is 0. The summed E-state index contributed by atoms with van der Waals surface area (Å²) in [5.41, 5.74) is 1.74. The summed E-state index contributed by atoms with van der Waals surface area (Å²) in [5, 5.41) is 5.98. The Hall–Kier alpha value is -2.07. The van der Waals surface area contributed by atoms with Gasteiger partial charge in [0.25, 0.3) is 5.91 Å². The lowest BCUT2D eigenvalue weighted by Crippen LogP contribution is -2.22. The number of aromatic nitrogens is 1. The van der Waals surface area contributed by atoms with E-state index in [0.717, 1.165) is 15.8 Å². The van der Waals surface area contributed by atoms with Crippen LogP contribution in [0.1, 0.15) is 15.2 Å². The molecule has 3 rings (SSSR count). The Bertz CT molecular complexity index is 670. The maximum Gasteiger partial charge on any atom is 0.251 e. The lowest BCUT2D eigenvalue weighted by molar-refractivity contribution is 0.0951. The molecule has 3 nitrogen and oxygen atoms in total. The first-order chi connectivity index (χ1) is 8.83. The highest BCUT2D eigenvalue weighted by Gasteiger charge is 2.06. The van der Waals surface area contributed by atoms with Crippen LogP contribution < -0.4 is 5.32 Å². The molecule has 2 N–H and O–H groups in total. The molecule has 0 spiro atoms. The summed E-state index contributed by atoms with van der Waals surface area (Å²) in [4.78, 5) is 16.3. The Morgan fingerprint density at radius 3 is 3.06 bits per heavy atom. The van der Waals surface area contributed by atoms with E-state index in [-0.39, 0.29) is 5.91 Å². The number of hydrogen-bond donors (Lipinski definition) is 2. The van der Waals surface area contributed by atoms with Gasteiger partial charge < -0.3 is 10.3 Å². The molecule has 0 radical (unpaired) electrons. The van der Waals surface area contributed by atoms with Crippen molar-refractivity contribution in [3.05, 3.63) is 58.4 Å². The third-order valence-corrected chi connectivity index (χ3v) is 3.70. The predicted octanol–water partition coefficient (Wildman–Crippen LogP) is 3.16. The van der Waals surface area contributed by atoms with Crippen LogP contribution in [0.3, 0.4) is 0 Å². The fourth-order valence-electron chi connectivity index (χ4n) is 1.88. The minimum atomic E-state index is -0.0356. The maximum atomic E-state index is 12.0. The Morgan fingerprint density at radius 2 is 2.22 bits per heavy atom. The number of thiophene rings is 1. The molecule has 0 atom stereocenters. The van der Waals surface area contributed by atoms with Crippen LogP contribution in [0.2, 0.25) is 0 Å². The largest absolute Gasteiger partial charge is 0.361 e. The molecule has 2 aromatic heterocycles. The van der Waals surface area contributed by atoms with Crippen molar-refractivity contribution >= 4 is 28.1 Å². The number of carbonyl (C=O) groups excluding carboxylic acids is 1. The van der Waals surface area contributed by atoms with Gasteiger partial charge in [-0.25, -0.2) is 0 Å². The Morgan fingerprint density at radius 1 is 1.28 bits per heavy atom. The van der Waals surface area contributed by atoms with Crippen LogP contribution in [-0.4, -0.2) is 10.9 Å². The minimum absolute atomic E-state index is 0.0356. The summed E-state index contributed by atoms with van der Waals surface area (Å²) in [6.07, 6.45) is 1.87. The molecule has 0 bridgehead atoms.